The predicted octanol–water partition coefficient (Wildman–Crippen LogP) is 2.08. The molecule has 0 saturated carbocycles. The van der Waals surface area contributed by atoms with Crippen molar-refractivity contribution >= 4 is 18.2 Å². The van der Waals surface area contributed by atoms with Crippen LogP contribution in [0.2, 0.25) is 0 Å². The summed E-state index contributed by atoms with van der Waals surface area (Å²) in [5.74, 6) is -0.856. The minimum Gasteiger partial charge on any atom is -0.452 e. The van der Waals surface area contributed by atoms with E-state index >= 15 is 0 Å². The molecule has 5 heteroatoms. The van der Waals surface area contributed by atoms with Gasteiger partial charge < -0.3 is 9.64 Å². The first kappa shape index (κ1) is 16.6. The zero-order valence-corrected chi connectivity index (χ0v) is 12.3. The molecule has 0 unspecified atom stereocenters. The molecule has 5 nitrogen and oxygen atoms in total. The van der Waals surface area contributed by atoms with E-state index in [-0.39, 0.29) is 12.5 Å². The van der Waals surface area contributed by atoms with Crippen molar-refractivity contribution in [2.24, 2.45) is 0 Å². The van der Waals surface area contributed by atoms with E-state index in [9.17, 15) is 14.4 Å². The van der Waals surface area contributed by atoms with Crippen LogP contribution >= 0.6 is 0 Å². The zero-order valence-electron chi connectivity index (χ0n) is 12.3. The van der Waals surface area contributed by atoms with Gasteiger partial charge in [-0.15, -0.1) is 0 Å². The molecule has 1 amide bonds. The number of likely N-dealkylation sites (N-methyl/N-ethyl adjacent to an activating group) is 1. The van der Waals surface area contributed by atoms with Gasteiger partial charge in [0, 0.05) is 18.7 Å². The second-order valence-corrected chi connectivity index (χ2v) is 4.68. The molecule has 0 aliphatic carbocycles. The highest BCUT2D eigenvalue weighted by atomic mass is 16.5. The summed E-state index contributed by atoms with van der Waals surface area (Å²) >= 11 is 0. The van der Waals surface area contributed by atoms with E-state index in [1.54, 1.807) is 4.90 Å². The fourth-order valence-electron chi connectivity index (χ4n) is 1.70. The van der Waals surface area contributed by atoms with Crippen molar-refractivity contribution in [3.8, 4) is 0 Å². The van der Waals surface area contributed by atoms with Crippen LogP contribution in [0.15, 0.2) is 36.4 Å². The number of carbonyl (C=O) groups is 3. The summed E-state index contributed by atoms with van der Waals surface area (Å²) in [6.07, 6.45) is 0.690. The number of ether oxygens (including phenoxy) is 1. The molecular weight excluding hydrogens is 270 g/mol. The van der Waals surface area contributed by atoms with E-state index < -0.39 is 5.97 Å². The summed E-state index contributed by atoms with van der Waals surface area (Å²) in [7, 11) is 0. The normalized spacial score (nSPS) is 9.81. The average Bonchev–Trinajstić information content (AvgIpc) is 2.49. The summed E-state index contributed by atoms with van der Waals surface area (Å²) in [5.41, 5.74) is 1.64. The second-order valence-electron chi connectivity index (χ2n) is 4.68. The van der Waals surface area contributed by atoms with Crippen molar-refractivity contribution in [3.05, 3.63) is 47.5 Å². The molecule has 1 rings (SSSR count). The van der Waals surface area contributed by atoms with Crippen molar-refractivity contribution < 1.29 is 19.1 Å². The number of hydrogen-bond acceptors (Lipinski definition) is 4. The molecule has 21 heavy (non-hydrogen) atoms. The van der Waals surface area contributed by atoms with Crippen LogP contribution in [0.4, 0.5) is 0 Å². The smallest absolute Gasteiger partial charge is 0.338 e. The first-order chi connectivity index (χ1) is 9.97. The average molecular weight is 289 g/mol. The molecule has 0 aromatic heterocycles. The molecule has 1 aromatic rings. The van der Waals surface area contributed by atoms with Crippen LogP contribution in [0.1, 0.15) is 34.6 Å². The maximum atomic E-state index is 11.9. The van der Waals surface area contributed by atoms with Gasteiger partial charge in [-0.1, -0.05) is 24.3 Å². The largest absolute Gasteiger partial charge is 0.452 e. The Morgan fingerprint density at radius 3 is 2.38 bits per heavy atom. The highest BCUT2D eigenvalue weighted by molar-refractivity contribution is 5.92. The fourth-order valence-corrected chi connectivity index (χ4v) is 1.70. The SMILES string of the molecule is C=C(C)CN(CC)C(=O)COC(=O)c1ccc(C=O)cc1. The van der Waals surface area contributed by atoms with Crippen molar-refractivity contribution in [1.82, 2.24) is 4.90 Å². The Morgan fingerprint density at radius 1 is 1.29 bits per heavy atom. The van der Waals surface area contributed by atoms with Crippen LogP contribution in [-0.2, 0) is 9.53 Å². The molecule has 0 bridgehead atoms. The van der Waals surface area contributed by atoms with E-state index in [2.05, 4.69) is 6.58 Å². The van der Waals surface area contributed by atoms with Crippen molar-refractivity contribution in [3.63, 3.8) is 0 Å². The third-order valence-electron chi connectivity index (χ3n) is 2.80. The lowest BCUT2D eigenvalue weighted by Crippen LogP contribution is -2.35. The summed E-state index contributed by atoms with van der Waals surface area (Å²) in [6.45, 7) is 8.09. The predicted molar refractivity (Wildman–Crippen MR) is 79.2 cm³/mol. The standard InChI is InChI=1S/C16H19NO4/c1-4-17(9-12(2)3)15(19)11-21-16(20)14-7-5-13(10-18)6-8-14/h5-8,10H,2,4,9,11H2,1,3H3. The van der Waals surface area contributed by atoms with Gasteiger partial charge in [-0.25, -0.2) is 4.79 Å². The summed E-state index contributed by atoms with van der Waals surface area (Å²) in [5, 5.41) is 0. The molecule has 0 heterocycles. The Bertz CT molecular complexity index is 534. The topological polar surface area (TPSA) is 63.7 Å². The molecule has 0 spiro atoms. The Balaban J connectivity index is 2.56. The fraction of sp³-hybridized carbons (Fsp3) is 0.312. The van der Waals surface area contributed by atoms with E-state index in [1.165, 1.54) is 24.3 Å². The third-order valence-corrected chi connectivity index (χ3v) is 2.80. The van der Waals surface area contributed by atoms with E-state index in [0.717, 1.165) is 5.57 Å². The number of amides is 1. The van der Waals surface area contributed by atoms with Gasteiger partial charge in [0.05, 0.1) is 5.56 Å². The number of esters is 1. The van der Waals surface area contributed by atoms with Crippen LogP contribution in [0.5, 0.6) is 0 Å². The summed E-state index contributed by atoms with van der Waals surface area (Å²) in [4.78, 5) is 35.8. The number of carbonyl (C=O) groups excluding carboxylic acids is 3. The third kappa shape index (κ3) is 5.22. The first-order valence-electron chi connectivity index (χ1n) is 6.62. The van der Waals surface area contributed by atoms with Gasteiger partial charge in [-0.2, -0.15) is 0 Å². The highest BCUT2D eigenvalue weighted by Crippen LogP contribution is 2.05. The maximum Gasteiger partial charge on any atom is 0.338 e. The molecule has 0 radical (unpaired) electrons. The molecule has 0 N–H and O–H groups in total. The van der Waals surface area contributed by atoms with E-state index in [1.807, 2.05) is 13.8 Å². The lowest BCUT2D eigenvalue weighted by atomic mass is 10.1. The van der Waals surface area contributed by atoms with Crippen molar-refractivity contribution in [2.75, 3.05) is 19.7 Å². The first-order valence-corrected chi connectivity index (χ1v) is 6.62. The van der Waals surface area contributed by atoms with E-state index in [4.69, 9.17) is 4.74 Å². The second kappa shape index (κ2) is 7.99. The van der Waals surface area contributed by atoms with Crippen LogP contribution < -0.4 is 0 Å². The van der Waals surface area contributed by atoms with Crippen LogP contribution in [0.3, 0.4) is 0 Å². The Morgan fingerprint density at radius 2 is 1.90 bits per heavy atom. The molecule has 0 atom stereocenters. The lowest BCUT2D eigenvalue weighted by molar-refractivity contribution is -0.133. The van der Waals surface area contributed by atoms with Crippen molar-refractivity contribution in [2.45, 2.75) is 13.8 Å². The molecule has 0 aliphatic heterocycles. The van der Waals surface area contributed by atoms with E-state index in [0.29, 0.717) is 30.5 Å². The minimum absolute atomic E-state index is 0.265. The molecular formula is C16H19NO4. The Labute approximate surface area is 124 Å². The number of benzene rings is 1. The van der Waals surface area contributed by atoms with Gasteiger partial charge in [0.15, 0.2) is 6.61 Å². The Kier molecular flexibility index (Phi) is 6.33. The van der Waals surface area contributed by atoms with Crippen LogP contribution in [0.25, 0.3) is 0 Å². The van der Waals surface area contributed by atoms with Crippen molar-refractivity contribution in [1.29, 1.82) is 0 Å². The molecule has 0 aliphatic rings. The maximum absolute atomic E-state index is 11.9. The van der Waals surface area contributed by atoms with Gasteiger partial charge in [0.25, 0.3) is 5.91 Å². The molecule has 1 aromatic carbocycles. The highest BCUT2D eigenvalue weighted by Gasteiger charge is 2.15. The summed E-state index contributed by atoms with van der Waals surface area (Å²) in [6, 6.07) is 6.01. The monoisotopic (exact) mass is 289 g/mol. The molecule has 112 valence electrons. The number of rotatable bonds is 7. The number of aldehydes is 1. The minimum atomic E-state index is -0.591. The quantitative estimate of drug-likeness (QED) is 0.438. The number of nitrogens with zero attached hydrogens (tertiary/aromatic N) is 1. The molecule has 0 fully saturated rings. The van der Waals surface area contributed by atoms with Crippen LogP contribution in [-0.4, -0.2) is 42.8 Å². The lowest BCUT2D eigenvalue weighted by Gasteiger charge is -2.20. The van der Waals surface area contributed by atoms with Gasteiger partial charge in [-0.05, 0) is 26.0 Å². The van der Waals surface area contributed by atoms with Crippen LogP contribution in [0, 0.1) is 0 Å². The molecule has 0 saturated heterocycles. The van der Waals surface area contributed by atoms with Gasteiger partial charge in [0.1, 0.15) is 6.29 Å². The summed E-state index contributed by atoms with van der Waals surface area (Å²) < 4.78 is 4.98. The zero-order chi connectivity index (χ0) is 15.8. The van der Waals surface area contributed by atoms with Gasteiger partial charge >= 0.3 is 5.97 Å². The Hall–Kier alpha value is -2.43. The van der Waals surface area contributed by atoms with Gasteiger partial charge in [0.2, 0.25) is 0 Å². The van der Waals surface area contributed by atoms with Gasteiger partial charge in [-0.3, -0.25) is 9.59 Å². The number of hydrogen-bond donors (Lipinski definition) is 0.